The molecule has 0 saturated carbocycles. The van der Waals surface area contributed by atoms with E-state index in [1.807, 2.05) is 6.92 Å². The van der Waals surface area contributed by atoms with Crippen molar-refractivity contribution in [1.29, 1.82) is 0 Å². The number of halogens is 4. The molecular formula is C13H11ClF3N3. The Labute approximate surface area is 118 Å². The number of anilines is 3. The second kappa shape index (κ2) is 5.20. The van der Waals surface area contributed by atoms with Crippen LogP contribution in [0.1, 0.15) is 11.1 Å². The van der Waals surface area contributed by atoms with E-state index in [2.05, 4.69) is 10.3 Å². The number of hydrogen-bond donors (Lipinski definition) is 2. The van der Waals surface area contributed by atoms with Crippen LogP contribution < -0.4 is 11.1 Å². The summed E-state index contributed by atoms with van der Waals surface area (Å²) in [6, 6.07) is 5.97. The quantitative estimate of drug-likeness (QED) is 0.865. The van der Waals surface area contributed by atoms with Crippen molar-refractivity contribution in [1.82, 2.24) is 4.98 Å². The molecule has 7 heteroatoms. The van der Waals surface area contributed by atoms with Gasteiger partial charge >= 0.3 is 6.18 Å². The standard InChI is InChI=1S/C13H11ClF3N3/c1-7-2-3-9(5-10(7)14)20-11-4-8(13(15,16)17)6-19-12(11)18/h2-6,20H,1H3,(H2,18,19). The first-order valence-electron chi connectivity index (χ1n) is 5.63. The van der Waals surface area contributed by atoms with Crippen molar-refractivity contribution in [2.75, 3.05) is 11.1 Å². The molecule has 0 aliphatic heterocycles. The second-order valence-corrected chi connectivity index (χ2v) is 4.65. The number of aromatic nitrogens is 1. The zero-order valence-electron chi connectivity index (χ0n) is 10.4. The first kappa shape index (κ1) is 14.5. The van der Waals surface area contributed by atoms with Gasteiger partial charge in [-0.2, -0.15) is 13.2 Å². The van der Waals surface area contributed by atoms with Crippen molar-refractivity contribution in [3.8, 4) is 0 Å². The summed E-state index contributed by atoms with van der Waals surface area (Å²) in [5.41, 5.74) is 6.19. The molecule has 0 spiro atoms. The van der Waals surface area contributed by atoms with Crippen LogP contribution in [0.25, 0.3) is 0 Å². The number of aryl methyl sites for hydroxylation is 1. The highest BCUT2D eigenvalue weighted by Gasteiger charge is 2.31. The number of pyridine rings is 1. The van der Waals surface area contributed by atoms with Gasteiger partial charge in [0.2, 0.25) is 0 Å². The Bertz CT molecular complexity index is 641. The highest BCUT2D eigenvalue weighted by Crippen LogP contribution is 2.33. The van der Waals surface area contributed by atoms with Crippen LogP contribution in [-0.2, 0) is 6.18 Å². The molecule has 3 nitrogen and oxygen atoms in total. The topological polar surface area (TPSA) is 50.9 Å². The van der Waals surface area contributed by atoms with Gasteiger partial charge in [-0.3, -0.25) is 0 Å². The van der Waals surface area contributed by atoms with E-state index < -0.39 is 11.7 Å². The summed E-state index contributed by atoms with van der Waals surface area (Å²) in [5, 5.41) is 3.29. The predicted octanol–water partition coefficient (Wildman–Crippen LogP) is 4.39. The first-order chi connectivity index (χ1) is 9.27. The number of rotatable bonds is 2. The van der Waals surface area contributed by atoms with E-state index in [4.69, 9.17) is 17.3 Å². The molecule has 0 bridgehead atoms. The molecule has 0 atom stereocenters. The largest absolute Gasteiger partial charge is 0.417 e. The van der Waals surface area contributed by atoms with Crippen LogP contribution in [0.15, 0.2) is 30.5 Å². The van der Waals surface area contributed by atoms with Crippen molar-refractivity contribution in [2.45, 2.75) is 13.1 Å². The van der Waals surface area contributed by atoms with Crippen LogP contribution >= 0.6 is 11.6 Å². The Kier molecular flexibility index (Phi) is 3.76. The Hall–Kier alpha value is -1.95. The van der Waals surface area contributed by atoms with Gasteiger partial charge in [0.05, 0.1) is 11.3 Å². The van der Waals surface area contributed by atoms with Gasteiger partial charge < -0.3 is 11.1 Å². The average Bonchev–Trinajstić information content (AvgIpc) is 2.35. The van der Waals surface area contributed by atoms with Crippen molar-refractivity contribution >= 4 is 28.8 Å². The summed E-state index contributed by atoms with van der Waals surface area (Å²) < 4.78 is 37.9. The molecule has 1 aromatic heterocycles. The van der Waals surface area contributed by atoms with Crippen LogP contribution in [0.4, 0.5) is 30.4 Å². The summed E-state index contributed by atoms with van der Waals surface area (Å²) >= 11 is 5.96. The van der Waals surface area contributed by atoms with Gasteiger partial charge in [0, 0.05) is 16.9 Å². The number of alkyl halides is 3. The molecule has 0 radical (unpaired) electrons. The summed E-state index contributed by atoms with van der Waals surface area (Å²) in [7, 11) is 0. The molecular weight excluding hydrogens is 291 g/mol. The monoisotopic (exact) mass is 301 g/mol. The third-order valence-corrected chi connectivity index (χ3v) is 3.10. The smallest absolute Gasteiger partial charge is 0.382 e. The molecule has 106 valence electrons. The van der Waals surface area contributed by atoms with Crippen LogP contribution in [0.2, 0.25) is 5.02 Å². The maximum Gasteiger partial charge on any atom is 0.417 e. The summed E-state index contributed by atoms with van der Waals surface area (Å²) in [6.45, 7) is 1.83. The second-order valence-electron chi connectivity index (χ2n) is 4.24. The van der Waals surface area contributed by atoms with E-state index in [9.17, 15) is 13.2 Å². The molecule has 20 heavy (non-hydrogen) atoms. The predicted molar refractivity (Wildman–Crippen MR) is 73.1 cm³/mol. The molecule has 1 heterocycles. The number of benzene rings is 1. The molecule has 0 aliphatic carbocycles. The molecule has 0 amide bonds. The lowest BCUT2D eigenvalue weighted by molar-refractivity contribution is -0.137. The van der Waals surface area contributed by atoms with Gasteiger partial charge in [0.1, 0.15) is 5.82 Å². The van der Waals surface area contributed by atoms with Crippen LogP contribution in [0, 0.1) is 6.92 Å². The summed E-state index contributed by atoms with van der Waals surface area (Å²) in [5.74, 6) is -0.0188. The van der Waals surface area contributed by atoms with Crippen molar-refractivity contribution in [2.24, 2.45) is 0 Å². The maximum atomic E-state index is 12.6. The van der Waals surface area contributed by atoms with Gasteiger partial charge in [-0.15, -0.1) is 0 Å². The first-order valence-corrected chi connectivity index (χ1v) is 6.01. The van der Waals surface area contributed by atoms with Gasteiger partial charge in [-0.25, -0.2) is 4.98 Å². The van der Waals surface area contributed by atoms with Gasteiger partial charge in [0.25, 0.3) is 0 Å². The van der Waals surface area contributed by atoms with Crippen molar-refractivity contribution in [3.63, 3.8) is 0 Å². The van der Waals surface area contributed by atoms with Crippen molar-refractivity contribution in [3.05, 3.63) is 46.6 Å². The molecule has 0 fully saturated rings. The molecule has 0 unspecified atom stereocenters. The molecule has 2 rings (SSSR count). The minimum Gasteiger partial charge on any atom is -0.382 e. The van der Waals surface area contributed by atoms with Gasteiger partial charge in [-0.1, -0.05) is 17.7 Å². The van der Waals surface area contributed by atoms with Crippen LogP contribution in [0.3, 0.4) is 0 Å². The van der Waals surface area contributed by atoms with Gasteiger partial charge in [-0.05, 0) is 30.7 Å². The lowest BCUT2D eigenvalue weighted by Gasteiger charge is -2.13. The normalized spacial score (nSPS) is 11.4. The fraction of sp³-hybridized carbons (Fsp3) is 0.154. The van der Waals surface area contributed by atoms with E-state index in [1.54, 1.807) is 18.2 Å². The Morgan fingerprint density at radius 3 is 2.55 bits per heavy atom. The van der Waals surface area contributed by atoms with E-state index in [0.717, 1.165) is 11.6 Å². The lowest BCUT2D eigenvalue weighted by atomic mass is 10.2. The average molecular weight is 302 g/mol. The third kappa shape index (κ3) is 3.14. The van der Waals surface area contributed by atoms with E-state index in [1.165, 1.54) is 0 Å². The summed E-state index contributed by atoms with van der Waals surface area (Å²) in [6.07, 6.45) is -3.77. The zero-order valence-corrected chi connectivity index (χ0v) is 11.2. The van der Waals surface area contributed by atoms with E-state index in [-0.39, 0.29) is 11.5 Å². The number of nitrogens with two attached hydrogens (primary N) is 1. The Balaban J connectivity index is 2.35. The fourth-order valence-electron chi connectivity index (χ4n) is 1.56. The van der Waals surface area contributed by atoms with E-state index >= 15 is 0 Å². The molecule has 1 aromatic carbocycles. The van der Waals surface area contributed by atoms with E-state index in [0.29, 0.717) is 16.9 Å². The van der Waals surface area contributed by atoms with Crippen LogP contribution in [-0.4, -0.2) is 4.98 Å². The highest BCUT2D eigenvalue weighted by molar-refractivity contribution is 6.31. The molecule has 0 saturated heterocycles. The molecule has 2 aromatic rings. The van der Waals surface area contributed by atoms with Crippen LogP contribution in [0.5, 0.6) is 0 Å². The minimum absolute atomic E-state index is 0.0188. The van der Waals surface area contributed by atoms with Gasteiger partial charge in [0.15, 0.2) is 0 Å². The minimum atomic E-state index is -4.47. The molecule has 0 aliphatic rings. The number of hydrogen-bond acceptors (Lipinski definition) is 3. The fourth-order valence-corrected chi connectivity index (χ4v) is 1.74. The lowest BCUT2D eigenvalue weighted by Crippen LogP contribution is -2.08. The zero-order chi connectivity index (χ0) is 14.9. The number of nitrogens with zero attached hydrogens (tertiary/aromatic N) is 1. The third-order valence-electron chi connectivity index (χ3n) is 2.70. The summed E-state index contributed by atoms with van der Waals surface area (Å²) in [4.78, 5) is 3.54. The van der Waals surface area contributed by atoms with Crippen molar-refractivity contribution < 1.29 is 13.2 Å². The molecule has 3 N–H and O–H groups in total. The maximum absolute atomic E-state index is 12.6. The Morgan fingerprint density at radius 2 is 1.95 bits per heavy atom. The Morgan fingerprint density at radius 1 is 1.25 bits per heavy atom. The highest BCUT2D eigenvalue weighted by atomic mass is 35.5. The number of nitrogen functional groups attached to an aromatic ring is 1. The SMILES string of the molecule is Cc1ccc(Nc2cc(C(F)(F)F)cnc2N)cc1Cl. The number of nitrogens with one attached hydrogen (secondary N) is 1.